The van der Waals surface area contributed by atoms with Crippen molar-refractivity contribution in [1.82, 2.24) is 10.0 Å². The van der Waals surface area contributed by atoms with Gasteiger partial charge in [-0.2, -0.15) is 9.11 Å². The zero-order chi connectivity index (χ0) is 26.5. The second-order valence-corrected chi connectivity index (χ2v) is 10.9. The number of halogens is 3. The number of hydrogen-bond donors (Lipinski definition) is 2. The number of amidine groups is 1. The number of dihydropyridines is 1. The van der Waals surface area contributed by atoms with E-state index in [2.05, 4.69) is 20.0 Å². The van der Waals surface area contributed by atoms with Crippen molar-refractivity contribution in [3.63, 3.8) is 0 Å². The minimum atomic E-state index is -4.15. The van der Waals surface area contributed by atoms with Crippen LogP contribution in [0.3, 0.4) is 0 Å². The average molecular weight is 521 g/mol. The molecule has 2 atom stereocenters. The second-order valence-electron chi connectivity index (χ2n) is 9.23. The number of hydrogen-bond acceptors (Lipinski definition) is 6. The average Bonchev–Trinajstić information content (AvgIpc) is 2.81. The van der Waals surface area contributed by atoms with Gasteiger partial charge >= 0.3 is 6.09 Å². The number of benzene rings is 1. The first-order chi connectivity index (χ1) is 16.8. The smallest absolute Gasteiger partial charge is 0.304 e. The highest BCUT2D eigenvalue weighted by molar-refractivity contribution is 7.89. The predicted octanol–water partition coefficient (Wildman–Crippen LogP) is 4.66. The molecule has 2 aliphatic heterocycles. The largest absolute Gasteiger partial charge is 0.482 e. The van der Waals surface area contributed by atoms with Gasteiger partial charge in [0.1, 0.15) is 11.7 Å². The van der Waals surface area contributed by atoms with E-state index >= 15 is 8.78 Å². The number of rotatable bonds is 6. The fourth-order valence-corrected chi connectivity index (χ4v) is 6.11. The summed E-state index contributed by atoms with van der Waals surface area (Å²) in [6.45, 7) is 6.39. The summed E-state index contributed by atoms with van der Waals surface area (Å²) in [5, 5.41) is 2.74. The Labute approximate surface area is 208 Å². The maximum Gasteiger partial charge on any atom is 0.304 e. The van der Waals surface area contributed by atoms with Crippen molar-refractivity contribution in [2.75, 3.05) is 13.7 Å². The van der Waals surface area contributed by atoms with Crippen LogP contribution >= 0.6 is 0 Å². The maximum atomic E-state index is 15.7. The van der Waals surface area contributed by atoms with Gasteiger partial charge < -0.3 is 10.1 Å². The van der Waals surface area contributed by atoms with Crippen LogP contribution in [0.5, 0.6) is 0 Å². The van der Waals surface area contributed by atoms with Gasteiger partial charge in [0, 0.05) is 22.1 Å². The molecule has 0 saturated carbocycles. The molecule has 0 spiro atoms. The number of fused-ring (bicyclic) bond motifs is 1. The van der Waals surface area contributed by atoms with Crippen LogP contribution in [0, 0.1) is 12.3 Å². The molecule has 1 aromatic rings. The Morgan fingerprint density at radius 3 is 2.53 bits per heavy atom. The molecule has 1 aromatic carbocycles. The lowest BCUT2D eigenvalue weighted by Gasteiger charge is -2.38. The molecule has 2 unspecified atom stereocenters. The highest BCUT2D eigenvalue weighted by atomic mass is 32.2. The third kappa shape index (κ3) is 4.30. The Balaban J connectivity index is 1.77. The predicted molar refractivity (Wildman–Crippen MR) is 132 cm³/mol. The Kier molecular flexibility index (Phi) is 6.50. The zero-order valence-electron chi connectivity index (χ0n) is 20.5. The summed E-state index contributed by atoms with van der Waals surface area (Å²) in [6, 6.07) is 6.31. The number of nitrogens with zero attached hydrogens (tertiary/aromatic N) is 2. The highest BCUT2D eigenvalue weighted by Crippen LogP contribution is 2.44. The fraction of sp³-hybridized carbons (Fsp3) is 0.360. The number of allylic oxidation sites excluding steroid dienone is 5. The number of aliphatic imine (C=N–C) groups is 2. The number of sulfonamides is 1. The van der Waals surface area contributed by atoms with Gasteiger partial charge in [0.05, 0.1) is 24.3 Å². The molecule has 7 nitrogen and oxygen atoms in total. The minimum absolute atomic E-state index is 0.00110. The topological polar surface area (TPSA) is 92.2 Å². The van der Waals surface area contributed by atoms with Crippen LogP contribution in [0.15, 0.2) is 85.6 Å². The number of nitrogens with one attached hydrogen (secondary N) is 2. The third-order valence-corrected chi connectivity index (χ3v) is 8.17. The molecule has 3 aliphatic rings. The molecule has 1 aliphatic carbocycles. The van der Waals surface area contributed by atoms with Crippen LogP contribution in [-0.2, 0) is 14.8 Å². The Hall–Kier alpha value is -3.18. The molecular weight excluding hydrogens is 493 g/mol. The molecule has 0 aromatic heterocycles. The first kappa shape index (κ1) is 25.9. The van der Waals surface area contributed by atoms with E-state index in [4.69, 9.17) is 4.74 Å². The van der Waals surface area contributed by atoms with Crippen molar-refractivity contribution in [1.29, 1.82) is 0 Å². The van der Waals surface area contributed by atoms with E-state index in [9.17, 15) is 12.8 Å². The van der Waals surface area contributed by atoms with E-state index in [0.29, 0.717) is 5.56 Å². The molecule has 2 N–H and O–H groups in total. The molecule has 4 rings (SSSR count). The van der Waals surface area contributed by atoms with Crippen LogP contribution in [0.2, 0.25) is 0 Å². The molecular formula is C25H27F3N4O3S. The lowest BCUT2D eigenvalue weighted by Crippen LogP contribution is -2.58. The number of methoxy groups -OCH3 is 1. The normalized spacial score (nSPS) is 26.4. The van der Waals surface area contributed by atoms with E-state index in [1.807, 2.05) is 0 Å². The van der Waals surface area contributed by atoms with Crippen molar-refractivity contribution >= 4 is 21.8 Å². The van der Waals surface area contributed by atoms with E-state index < -0.39 is 38.8 Å². The van der Waals surface area contributed by atoms with Crippen molar-refractivity contribution in [2.24, 2.45) is 15.4 Å². The molecule has 0 radical (unpaired) electrons. The van der Waals surface area contributed by atoms with E-state index in [1.54, 1.807) is 39.0 Å². The van der Waals surface area contributed by atoms with Crippen LogP contribution in [0.1, 0.15) is 32.8 Å². The van der Waals surface area contributed by atoms with Gasteiger partial charge in [0.2, 0.25) is 10.0 Å². The van der Waals surface area contributed by atoms with Crippen LogP contribution < -0.4 is 10.0 Å². The SMILES string of the molecule is CCC1=C(F)C(C2=C(OC)NC(C)(NS(=O)(=O)c3ccccc3C)C(F)=C2)=CC2(C)CN=C(F)N=C12. The lowest BCUT2D eigenvalue weighted by molar-refractivity contribution is 0.207. The summed E-state index contributed by atoms with van der Waals surface area (Å²) in [6.07, 6.45) is 1.86. The summed E-state index contributed by atoms with van der Waals surface area (Å²) in [5.74, 6) is -1.64. The van der Waals surface area contributed by atoms with Crippen molar-refractivity contribution < 1.29 is 26.3 Å². The Bertz CT molecular complexity index is 1430. The summed E-state index contributed by atoms with van der Waals surface area (Å²) < 4.78 is 79.0. The monoisotopic (exact) mass is 520 g/mol. The van der Waals surface area contributed by atoms with Gasteiger partial charge in [-0.25, -0.2) is 27.2 Å². The molecule has 2 heterocycles. The number of ether oxygens (including phenoxy) is 1. The quantitative estimate of drug-likeness (QED) is 0.534. The fourth-order valence-electron chi connectivity index (χ4n) is 4.56. The van der Waals surface area contributed by atoms with Crippen LogP contribution in [-0.4, -0.2) is 39.5 Å². The summed E-state index contributed by atoms with van der Waals surface area (Å²) in [5.41, 5.74) is -1.85. The summed E-state index contributed by atoms with van der Waals surface area (Å²) >= 11 is 0. The second kappa shape index (κ2) is 9.04. The molecule has 0 fully saturated rings. The molecule has 0 saturated heterocycles. The summed E-state index contributed by atoms with van der Waals surface area (Å²) in [4.78, 5) is 7.59. The molecule has 0 amide bonds. The van der Waals surface area contributed by atoms with Crippen molar-refractivity contribution in [2.45, 2.75) is 44.7 Å². The Morgan fingerprint density at radius 2 is 1.89 bits per heavy atom. The maximum absolute atomic E-state index is 15.7. The lowest BCUT2D eigenvalue weighted by atomic mass is 9.72. The third-order valence-electron chi connectivity index (χ3n) is 6.46. The van der Waals surface area contributed by atoms with Crippen molar-refractivity contribution in [3.05, 3.63) is 76.2 Å². The van der Waals surface area contributed by atoms with Gasteiger partial charge in [0.25, 0.3) is 0 Å². The molecule has 192 valence electrons. The van der Waals surface area contributed by atoms with E-state index in [-0.39, 0.29) is 46.2 Å². The summed E-state index contributed by atoms with van der Waals surface area (Å²) in [7, 11) is -2.84. The van der Waals surface area contributed by atoms with Gasteiger partial charge in [-0.15, -0.1) is 0 Å². The van der Waals surface area contributed by atoms with Gasteiger partial charge in [-0.3, -0.25) is 0 Å². The van der Waals surface area contributed by atoms with Crippen molar-refractivity contribution in [3.8, 4) is 0 Å². The standard InChI is InChI=1S/C25H27F3N4O3S/c1-6-15-20(27)17(12-24(3)13-29-23(28)30-21(15)24)16-11-19(26)25(4,31-22(16)35-5)32-36(33,34)18-10-8-7-9-14(18)2/h7-12,31-32H,6,13H2,1-5H3. The molecule has 36 heavy (non-hydrogen) atoms. The number of aryl methyl sites for hydroxylation is 1. The van der Waals surface area contributed by atoms with Crippen LogP contribution in [0.4, 0.5) is 13.2 Å². The Morgan fingerprint density at radius 1 is 1.19 bits per heavy atom. The van der Waals surface area contributed by atoms with Gasteiger partial charge in [-0.1, -0.05) is 31.2 Å². The first-order valence-electron chi connectivity index (χ1n) is 11.3. The first-order valence-corrected chi connectivity index (χ1v) is 12.8. The molecule has 0 bridgehead atoms. The van der Waals surface area contributed by atoms with Crippen LogP contribution in [0.25, 0.3) is 0 Å². The van der Waals surface area contributed by atoms with Gasteiger partial charge in [0.15, 0.2) is 11.5 Å². The van der Waals surface area contributed by atoms with E-state index in [1.165, 1.54) is 26.2 Å². The zero-order valence-corrected chi connectivity index (χ0v) is 21.4. The highest BCUT2D eigenvalue weighted by Gasteiger charge is 2.44. The van der Waals surface area contributed by atoms with Gasteiger partial charge in [-0.05, 0) is 44.9 Å². The molecule has 11 heteroatoms. The minimum Gasteiger partial charge on any atom is -0.482 e. The van der Waals surface area contributed by atoms with E-state index in [0.717, 1.165) is 6.08 Å².